The predicted molar refractivity (Wildman–Crippen MR) is 65.8 cm³/mol. The summed E-state index contributed by atoms with van der Waals surface area (Å²) in [6.07, 6.45) is 1.93. The van der Waals surface area contributed by atoms with Crippen LogP contribution in [0.25, 0.3) is 0 Å². The van der Waals surface area contributed by atoms with E-state index in [4.69, 9.17) is 5.73 Å². The lowest BCUT2D eigenvalue weighted by atomic mass is 9.97. The van der Waals surface area contributed by atoms with Gasteiger partial charge in [0.25, 0.3) is 0 Å². The van der Waals surface area contributed by atoms with Crippen LogP contribution in [-0.2, 0) is 0 Å². The first kappa shape index (κ1) is 14.9. The molecule has 0 aromatic heterocycles. The van der Waals surface area contributed by atoms with Gasteiger partial charge in [0.05, 0.1) is 5.60 Å². The summed E-state index contributed by atoms with van der Waals surface area (Å²) < 4.78 is 0. The van der Waals surface area contributed by atoms with Crippen molar-refractivity contribution in [2.75, 3.05) is 20.1 Å². The van der Waals surface area contributed by atoms with E-state index in [2.05, 4.69) is 32.7 Å². The summed E-state index contributed by atoms with van der Waals surface area (Å²) in [6, 6.07) is 0.377. The molecule has 0 spiro atoms. The first-order chi connectivity index (χ1) is 6.78. The zero-order valence-electron chi connectivity index (χ0n) is 11.0. The standard InChI is InChI=1S/C12H28N2O/c1-10(2)6-7-14(5)11(3)8-12(4,15)9-13/h10-11,15H,6-9,13H2,1-5H3. The van der Waals surface area contributed by atoms with Gasteiger partial charge in [-0.25, -0.2) is 0 Å². The van der Waals surface area contributed by atoms with Gasteiger partial charge < -0.3 is 15.7 Å². The molecule has 3 heteroatoms. The molecule has 0 heterocycles. The van der Waals surface area contributed by atoms with E-state index < -0.39 is 5.60 Å². The molecule has 15 heavy (non-hydrogen) atoms. The minimum Gasteiger partial charge on any atom is -0.389 e. The van der Waals surface area contributed by atoms with Gasteiger partial charge in [0, 0.05) is 12.6 Å². The maximum atomic E-state index is 9.87. The van der Waals surface area contributed by atoms with Crippen molar-refractivity contribution in [1.82, 2.24) is 4.90 Å². The second kappa shape index (κ2) is 6.46. The van der Waals surface area contributed by atoms with Crippen molar-refractivity contribution in [1.29, 1.82) is 0 Å². The third-order valence-electron chi connectivity index (χ3n) is 2.99. The molecule has 0 radical (unpaired) electrons. The largest absolute Gasteiger partial charge is 0.389 e. The molecule has 0 aromatic rings. The lowest BCUT2D eigenvalue weighted by Gasteiger charge is -2.31. The normalized spacial score (nSPS) is 18.2. The fourth-order valence-electron chi connectivity index (χ4n) is 1.56. The Kier molecular flexibility index (Phi) is 6.41. The number of nitrogens with zero attached hydrogens (tertiary/aromatic N) is 1. The van der Waals surface area contributed by atoms with E-state index in [1.165, 1.54) is 6.42 Å². The van der Waals surface area contributed by atoms with Gasteiger partial charge in [-0.2, -0.15) is 0 Å². The fourth-order valence-corrected chi connectivity index (χ4v) is 1.56. The van der Waals surface area contributed by atoms with Crippen LogP contribution >= 0.6 is 0 Å². The van der Waals surface area contributed by atoms with Gasteiger partial charge in [0.1, 0.15) is 0 Å². The van der Waals surface area contributed by atoms with E-state index in [9.17, 15) is 5.11 Å². The Labute approximate surface area is 94.6 Å². The molecule has 0 aliphatic carbocycles. The van der Waals surface area contributed by atoms with E-state index in [0.717, 1.165) is 18.9 Å². The van der Waals surface area contributed by atoms with E-state index in [-0.39, 0.29) is 0 Å². The van der Waals surface area contributed by atoms with Crippen molar-refractivity contribution in [3.8, 4) is 0 Å². The molecule has 3 N–H and O–H groups in total. The van der Waals surface area contributed by atoms with Gasteiger partial charge in [0.15, 0.2) is 0 Å². The van der Waals surface area contributed by atoms with Crippen LogP contribution < -0.4 is 5.73 Å². The van der Waals surface area contributed by atoms with Gasteiger partial charge in [-0.3, -0.25) is 0 Å². The molecule has 3 nitrogen and oxygen atoms in total. The average Bonchev–Trinajstić information content (AvgIpc) is 2.13. The predicted octanol–water partition coefficient (Wildman–Crippen LogP) is 1.45. The van der Waals surface area contributed by atoms with Crippen molar-refractivity contribution in [2.45, 2.75) is 52.2 Å². The second-order valence-electron chi connectivity index (χ2n) is 5.42. The van der Waals surface area contributed by atoms with Crippen LogP contribution in [0.3, 0.4) is 0 Å². The Morgan fingerprint density at radius 1 is 1.33 bits per heavy atom. The molecule has 2 unspecified atom stereocenters. The molecule has 2 atom stereocenters. The van der Waals surface area contributed by atoms with Gasteiger partial charge in [-0.05, 0) is 46.2 Å². The molecule has 0 saturated heterocycles. The van der Waals surface area contributed by atoms with Crippen molar-refractivity contribution >= 4 is 0 Å². The third-order valence-corrected chi connectivity index (χ3v) is 2.99. The summed E-state index contributed by atoms with van der Waals surface area (Å²) in [5.74, 6) is 0.731. The monoisotopic (exact) mass is 216 g/mol. The average molecular weight is 216 g/mol. The van der Waals surface area contributed by atoms with Crippen molar-refractivity contribution in [3.05, 3.63) is 0 Å². The molecule has 0 rings (SSSR count). The molecule has 0 amide bonds. The van der Waals surface area contributed by atoms with E-state index in [1.54, 1.807) is 6.92 Å². The Hall–Kier alpha value is -0.120. The van der Waals surface area contributed by atoms with E-state index in [0.29, 0.717) is 12.6 Å². The van der Waals surface area contributed by atoms with Gasteiger partial charge in [-0.15, -0.1) is 0 Å². The van der Waals surface area contributed by atoms with Gasteiger partial charge in [0.2, 0.25) is 0 Å². The summed E-state index contributed by atoms with van der Waals surface area (Å²) in [6.45, 7) is 9.82. The summed E-state index contributed by atoms with van der Waals surface area (Å²) in [5.41, 5.74) is 4.78. The Morgan fingerprint density at radius 3 is 2.27 bits per heavy atom. The van der Waals surface area contributed by atoms with Crippen LogP contribution in [0.4, 0.5) is 0 Å². The van der Waals surface area contributed by atoms with E-state index >= 15 is 0 Å². The molecule has 0 aliphatic heterocycles. The summed E-state index contributed by atoms with van der Waals surface area (Å²) in [7, 11) is 2.11. The molecule has 0 fully saturated rings. The minimum atomic E-state index is -0.731. The lowest BCUT2D eigenvalue weighted by molar-refractivity contribution is 0.0329. The number of rotatable bonds is 7. The SMILES string of the molecule is CC(C)CCN(C)C(C)CC(C)(O)CN. The lowest BCUT2D eigenvalue weighted by Crippen LogP contribution is -2.42. The molecular weight excluding hydrogens is 188 g/mol. The molecule has 92 valence electrons. The van der Waals surface area contributed by atoms with Crippen LogP contribution in [0.15, 0.2) is 0 Å². The molecule has 0 saturated carbocycles. The summed E-state index contributed by atoms with van der Waals surface area (Å²) >= 11 is 0. The van der Waals surface area contributed by atoms with Gasteiger partial charge in [-0.1, -0.05) is 13.8 Å². The van der Waals surface area contributed by atoms with Crippen LogP contribution in [0.5, 0.6) is 0 Å². The zero-order valence-corrected chi connectivity index (χ0v) is 11.0. The first-order valence-electron chi connectivity index (χ1n) is 5.91. The van der Waals surface area contributed by atoms with Crippen LogP contribution in [0, 0.1) is 5.92 Å². The van der Waals surface area contributed by atoms with Crippen LogP contribution in [0.1, 0.15) is 40.5 Å². The maximum absolute atomic E-state index is 9.87. The Balaban J connectivity index is 3.93. The van der Waals surface area contributed by atoms with Crippen molar-refractivity contribution < 1.29 is 5.11 Å². The highest BCUT2D eigenvalue weighted by molar-refractivity contribution is 4.79. The highest BCUT2D eigenvalue weighted by Crippen LogP contribution is 2.14. The quantitative estimate of drug-likeness (QED) is 0.677. The summed E-state index contributed by atoms with van der Waals surface area (Å²) in [4.78, 5) is 2.30. The molecule has 0 bridgehead atoms. The summed E-state index contributed by atoms with van der Waals surface area (Å²) in [5, 5.41) is 9.87. The molecular formula is C12H28N2O. The number of hydrogen-bond donors (Lipinski definition) is 2. The topological polar surface area (TPSA) is 49.5 Å². The van der Waals surface area contributed by atoms with Crippen molar-refractivity contribution in [2.24, 2.45) is 11.7 Å². The number of hydrogen-bond acceptors (Lipinski definition) is 3. The highest BCUT2D eigenvalue weighted by Gasteiger charge is 2.23. The van der Waals surface area contributed by atoms with Crippen LogP contribution in [-0.4, -0.2) is 41.8 Å². The van der Waals surface area contributed by atoms with Crippen molar-refractivity contribution in [3.63, 3.8) is 0 Å². The zero-order chi connectivity index (χ0) is 12.1. The Morgan fingerprint density at radius 2 is 1.87 bits per heavy atom. The minimum absolute atomic E-state index is 0.329. The fraction of sp³-hybridized carbons (Fsp3) is 1.00. The van der Waals surface area contributed by atoms with E-state index in [1.807, 2.05) is 0 Å². The second-order valence-corrected chi connectivity index (χ2v) is 5.42. The molecule has 0 aromatic carbocycles. The third kappa shape index (κ3) is 6.88. The Bertz CT molecular complexity index is 169. The maximum Gasteiger partial charge on any atom is 0.0756 e. The molecule has 0 aliphatic rings. The smallest absolute Gasteiger partial charge is 0.0756 e. The van der Waals surface area contributed by atoms with Gasteiger partial charge >= 0.3 is 0 Å². The number of nitrogens with two attached hydrogens (primary N) is 1. The first-order valence-corrected chi connectivity index (χ1v) is 5.91. The van der Waals surface area contributed by atoms with Crippen LogP contribution in [0.2, 0.25) is 0 Å². The highest BCUT2D eigenvalue weighted by atomic mass is 16.3. The number of aliphatic hydroxyl groups is 1.